The zero-order valence-corrected chi connectivity index (χ0v) is 10.1. The van der Waals surface area contributed by atoms with Crippen LogP contribution in [0.5, 0.6) is 0 Å². The summed E-state index contributed by atoms with van der Waals surface area (Å²) in [4.78, 5) is 0. The maximum atomic E-state index is 5.98. The third-order valence-electron chi connectivity index (χ3n) is 1.92. The molecule has 2 nitrogen and oxygen atoms in total. The first-order valence-electron chi connectivity index (χ1n) is 4.56. The molecule has 0 spiro atoms. The largest absolute Gasteiger partial charge is 0.359 e. The highest BCUT2D eigenvalue weighted by molar-refractivity contribution is 7.80. The fourth-order valence-electron chi connectivity index (χ4n) is 1.07. The van der Waals surface area contributed by atoms with E-state index in [1.807, 2.05) is 25.1 Å². The Bertz CT molecular complexity index is 377. The Balaban J connectivity index is 2.68. The van der Waals surface area contributed by atoms with Gasteiger partial charge < -0.3 is 10.6 Å². The zero-order chi connectivity index (χ0) is 11.3. The highest BCUT2D eigenvalue weighted by Crippen LogP contribution is 2.22. The lowest BCUT2D eigenvalue weighted by molar-refractivity contribution is 1.06. The number of rotatable bonds is 3. The van der Waals surface area contributed by atoms with Crippen molar-refractivity contribution in [2.75, 3.05) is 11.9 Å². The Morgan fingerprint density at radius 3 is 3.00 bits per heavy atom. The molecule has 15 heavy (non-hydrogen) atoms. The Morgan fingerprint density at radius 1 is 1.60 bits per heavy atom. The molecule has 0 aliphatic rings. The SMILES string of the molecule is C=CCNC(=S)Nc1cccc(Cl)c1C. The van der Waals surface area contributed by atoms with Crippen LogP contribution in [0.1, 0.15) is 5.56 Å². The smallest absolute Gasteiger partial charge is 0.171 e. The molecule has 0 saturated heterocycles. The Kier molecular flexibility index (Phi) is 4.59. The van der Waals surface area contributed by atoms with Crippen LogP contribution in [0.4, 0.5) is 5.69 Å². The minimum atomic E-state index is 0.570. The molecule has 0 aliphatic carbocycles. The van der Waals surface area contributed by atoms with Gasteiger partial charge in [-0.05, 0) is 36.8 Å². The molecule has 0 unspecified atom stereocenters. The van der Waals surface area contributed by atoms with Crippen LogP contribution in [0.25, 0.3) is 0 Å². The van der Waals surface area contributed by atoms with Crippen molar-refractivity contribution in [1.82, 2.24) is 5.32 Å². The standard InChI is InChI=1S/C11H13ClN2S/c1-3-7-13-11(15)14-10-6-4-5-9(12)8(10)2/h3-6H,1,7H2,2H3,(H2,13,14,15). The van der Waals surface area contributed by atoms with E-state index in [0.29, 0.717) is 11.7 Å². The van der Waals surface area contributed by atoms with Crippen LogP contribution in [0.3, 0.4) is 0 Å². The van der Waals surface area contributed by atoms with E-state index in [4.69, 9.17) is 23.8 Å². The van der Waals surface area contributed by atoms with Gasteiger partial charge in [-0.3, -0.25) is 0 Å². The first-order valence-corrected chi connectivity index (χ1v) is 5.34. The minimum Gasteiger partial charge on any atom is -0.359 e. The van der Waals surface area contributed by atoms with Crippen LogP contribution >= 0.6 is 23.8 Å². The molecule has 0 heterocycles. The fraction of sp³-hybridized carbons (Fsp3) is 0.182. The quantitative estimate of drug-likeness (QED) is 0.627. The van der Waals surface area contributed by atoms with Gasteiger partial charge in [0.1, 0.15) is 0 Å². The van der Waals surface area contributed by atoms with Crippen LogP contribution in [-0.4, -0.2) is 11.7 Å². The molecule has 0 aliphatic heterocycles. The number of hydrogen-bond acceptors (Lipinski definition) is 1. The number of thiocarbonyl (C=S) groups is 1. The highest BCUT2D eigenvalue weighted by atomic mass is 35.5. The molecule has 0 fully saturated rings. The van der Waals surface area contributed by atoms with Crippen LogP contribution in [-0.2, 0) is 0 Å². The van der Waals surface area contributed by atoms with Gasteiger partial charge in [0, 0.05) is 17.3 Å². The van der Waals surface area contributed by atoms with Crippen LogP contribution in [0, 0.1) is 6.92 Å². The first-order chi connectivity index (χ1) is 7.15. The van der Waals surface area contributed by atoms with E-state index >= 15 is 0 Å². The lowest BCUT2D eigenvalue weighted by Gasteiger charge is -2.11. The van der Waals surface area contributed by atoms with Gasteiger partial charge >= 0.3 is 0 Å². The molecule has 0 amide bonds. The van der Waals surface area contributed by atoms with Crippen LogP contribution in [0.2, 0.25) is 5.02 Å². The summed E-state index contributed by atoms with van der Waals surface area (Å²) in [6.45, 7) is 6.19. The summed E-state index contributed by atoms with van der Waals surface area (Å²) in [6.07, 6.45) is 1.75. The van der Waals surface area contributed by atoms with E-state index in [2.05, 4.69) is 17.2 Å². The number of nitrogens with one attached hydrogen (secondary N) is 2. The average molecular weight is 241 g/mol. The predicted octanol–water partition coefficient (Wildman–Crippen LogP) is 3.12. The average Bonchev–Trinajstić information content (AvgIpc) is 2.22. The van der Waals surface area contributed by atoms with Crippen molar-refractivity contribution in [3.63, 3.8) is 0 Å². The van der Waals surface area contributed by atoms with Gasteiger partial charge in [0.2, 0.25) is 0 Å². The molecule has 0 bridgehead atoms. The molecule has 80 valence electrons. The normalized spacial score (nSPS) is 9.47. The summed E-state index contributed by atoms with van der Waals surface area (Å²) < 4.78 is 0. The predicted molar refractivity (Wildman–Crippen MR) is 70.6 cm³/mol. The highest BCUT2D eigenvalue weighted by Gasteiger charge is 2.02. The minimum absolute atomic E-state index is 0.570. The van der Waals surface area contributed by atoms with Gasteiger partial charge in [0.25, 0.3) is 0 Å². The molecule has 0 saturated carbocycles. The number of benzene rings is 1. The van der Waals surface area contributed by atoms with Crippen LogP contribution in [0.15, 0.2) is 30.9 Å². The molecular formula is C11H13ClN2S. The Morgan fingerprint density at radius 2 is 2.33 bits per heavy atom. The molecule has 0 radical (unpaired) electrons. The van der Waals surface area contributed by atoms with Gasteiger partial charge in [0.05, 0.1) is 0 Å². The van der Waals surface area contributed by atoms with Crippen molar-refractivity contribution < 1.29 is 0 Å². The number of halogens is 1. The molecule has 0 aromatic heterocycles. The van der Waals surface area contributed by atoms with Crippen molar-refractivity contribution in [3.05, 3.63) is 41.4 Å². The monoisotopic (exact) mass is 240 g/mol. The van der Waals surface area contributed by atoms with Gasteiger partial charge in [-0.2, -0.15) is 0 Å². The van der Waals surface area contributed by atoms with Crippen molar-refractivity contribution in [1.29, 1.82) is 0 Å². The fourth-order valence-corrected chi connectivity index (χ4v) is 1.44. The van der Waals surface area contributed by atoms with Crippen LogP contribution < -0.4 is 10.6 Å². The van der Waals surface area contributed by atoms with E-state index in [1.54, 1.807) is 6.08 Å². The number of anilines is 1. The molecule has 0 atom stereocenters. The summed E-state index contributed by atoms with van der Waals surface area (Å²) >= 11 is 11.1. The summed E-state index contributed by atoms with van der Waals surface area (Å²) in [5, 5.41) is 7.36. The second kappa shape index (κ2) is 5.73. The Hall–Kier alpha value is -1.06. The third kappa shape index (κ3) is 3.53. The van der Waals surface area contributed by atoms with Gasteiger partial charge in [0.15, 0.2) is 5.11 Å². The second-order valence-corrected chi connectivity index (χ2v) is 3.85. The summed E-state index contributed by atoms with van der Waals surface area (Å²) in [5.41, 5.74) is 1.91. The Labute approximate surface area is 100 Å². The van der Waals surface area contributed by atoms with E-state index in [1.165, 1.54) is 0 Å². The third-order valence-corrected chi connectivity index (χ3v) is 2.58. The topological polar surface area (TPSA) is 24.1 Å². The van der Waals surface area contributed by atoms with Crippen molar-refractivity contribution in [2.24, 2.45) is 0 Å². The van der Waals surface area contributed by atoms with Gasteiger partial charge in [-0.15, -0.1) is 6.58 Å². The molecule has 4 heteroatoms. The molecule has 1 aromatic rings. The maximum absolute atomic E-state index is 5.98. The molecular weight excluding hydrogens is 228 g/mol. The van der Waals surface area contributed by atoms with Crippen molar-refractivity contribution in [3.8, 4) is 0 Å². The van der Waals surface area contributed by atoms with Gasteiger partial charge in [-0.1, -0.05) is 23.7 Å². The van der Waals surface area contributed by atoms with E-state index in [9.17, 15) is 0 Å². The molecule has 1 aromatic carbocycles. The summed E-state index contributed by atoms with van der Waals surface area (Å²) in [5.74, 6) is 0. The summed E-state index contributed by atoms with van der Waals surface area (Å²) in [6, 6.07) is 5.67. The first kappa shape index (κ1) is 12.0. The van der Waals surface area contributed by atoms with E-state index in [-0.39, 0.29) is 0 Å². The van der Waals surface area contributed by atoms with Gasteiger partial charge in [-0.25, -0.2) is 0 Å². The van der Waals surface area contributed by atoms with Crippen molar-refractivity contribution >= 4 is 34.6 Å². The second-order valence-electron chi connectivity index (χ2n) is 3.04. The van der Waals surface area contributed by atoms with E-state index < -0.39 is 0 Å². The van der Waals surface area contributed by atoms with E-state index in [0.717, 1.165) is 16.3 Å². The lowest BCUT2D eigenvalue weighted by Crippen LogP contribution is -2.28. The van der Waals surface area contributed by atoms with Crippen molar-refractivity contribution in [2.45, 2.75) is 6.92 Å². The number of hydrogen-bond donors (Lipinski definition) is 2. The maximum Gasteiger partial charge on any atom is 0.171 e. The molecule has 1 rings (SSSR count). The summed E-state index contributed by atoms with van der Waals surface area (Å²) in [7, 11) is 0. The zero-order valence-electron chi connectivity index (χ0n) is 8.51. The molecule has 2 N–H and O–H groups in total. The lowest BCUT2D eigenvalue weighted by atomic mass is 10.2.